The Balaban J connectivity index is 1.41. The minimum atomic E-state index is 0.668. The van der Waals surface area contributed by atoms with Crippen LogP contribution in [0, 0.1) is 0 Å². The van der Waals surface area contributed by atoms with Gasteiger partial charge in [-0.25, -0.2) is 15.0 Å². The molecule has 0 spiro atoms. The normalized spacial score (nSPS) is 11.2. The molecule has 0 radical (unpaired) electrons. The first-order chi connectivity index (χ1) is 18.3. The van der Waals surface area contributed by atoms with Crippen molar-refractivity contribution in [2.24, 2.45) is 0 Å². The Bertz CT molecular complexity index is 1860. The fourth-order valence-corrected chi connectivity index (χ4v) is 5.92. The topological polar surface area (TPSA) is 38.7 Å². The van der Waals surface area contributed by atoms with Crippen molar-refractivity contribution in [2.45, 2.75) is 0 Å². The highest BCUT2D eigenvalue weighted by atomic mass is 32.1. The van der Waals surface area contributed by atoms with Crippen LogP contribution >= 0.6 is 11.3 Å². The zero-order valence-corrected chi connectivity index (χ0v) is 20.7. The zero-order valence-electron chi connectivity index (χ0n) is 19.9. The van der Waals surface area contributed by atoms with Crippen LogP contribution in [0.4, 0.5) is 0 Å². The average molecular weight is 492 g/mol. The van der Waals surface area contributed by atoms with Gasteiger partial charge in [0, 0.05) is 36.9 Å². The Labute approximate surface area is 218 Å². The maximum atomic E-state index is 5.01. The van der Waals surface area contributed by atoms with Gasteiger partial charge < -0.3 is 0 Å². The van der Waals surface area contributed by atoms with Gasteiger partial charge in [0.05, 0.1) is 0 Å². The summed E-state index contributed by atoms with van der Waals surface area (Å²) in [5.74, 6) is 2.03. The van der Waals surface area contributed by atoms with Crippen LogP contribution in [0.1, 0.15) is 0 Å². The summed E-state index contributed by atoms with van der Waals surface area (Å²) >= 11 is 1.79. The van der Waals surface area contributed by atoms with Crippen LogP contribution in [0.5, 0.6) is 0 Å². The van der Waals surface area contributed by atoms with Gasteiger partial charge in [-0.2, -0.15) is 0 Å². The third kappa shape index (κ3) is 3.98. The number of benzene rings is 5. The molecule has 4 heteroatoms. The SMILES string of the molecule is c1ccc(-c2ccc(-c3nc(-c4ccccc4)nc(-c4cccc5c4sc4ccccc45)n3)cc2)cc1. The van der Waals surface area contributed by atoms with Gasteiger partial charge in [0.1, 0.15) is 0 Å². The number of fused-ring (bicyclic) bond motifs is 3. The minimum Gasteiger partial charge on any atom is -0.208 e. The molecule has 0 aliphatic carbocycles. The molecule has 2 heterocycles. The second-order valence-corrected chi connectivity index (χ2v) is 9.95. The molecular formula is C33H21N3S. The number of hydrogen-bond acceptors (Lipinski definition) is 4. The molecule has 7 aromatic rings. The zero-order chi connectivity index (χ0) is 24.6. The monoisotopic (exact) mass is 491 g/mol. The highest BCUT2D eigenvalue weighted by molar-refractivity contribution is 7.26. The second-order valence-electron chi connectivity index (χ2n) is 8.90. The van der Waals surface area contributed by atoms with Crippen molar-refractivity contribution in [1.82, 2.24) is 15.0 Å². The van der Waals surface area contributed by atoms with E-state index in [0.29, 0.717) is 17.5 Å². The highest BCUT2D eigenvalue weighted by Gasteiger charge is 2.16. The summed E-state index contributed by atoms with van der Waals surface area (Å²) in [5, 5.41) is 2.49. The number of rotatable bonds is 4. The van der Waals surface area contributed by atoms with Gasteiger partial charge in [-0.15, -0.1) is 11.3 Å². The quantitative estimate of drug-likeness (QED) is 0.247. The van der Waals surface area contributed by atoms with Gasteiger partial charge in [-0.05, 0) is 23.3 Å². The first-order valence-electron chi connectivity index (χ1n) is 12.2. The van der Waals surface area contributed by atoms with E-state index in [-0.39, 0.29) is 0 Å². The largest absolute Gasteiger partial charge is 0.208 e. The van der Waals surface area contributed by atoms with Gasteiger partial charge in [0.15, 0.2) is 17.5 Å². The molecule has 0 N–H and O–H groups in total. The van der Waals surface area contributed by atoms with Gasteiger partial charge in [-0.1, -0.05) is 115 Å². The van der Waals surface area contributed by atoms with Crippen LogP contribution in [-0.4, -0.2) is 15.0 Å². The Morgan fingerprint density at radius 3 is 1.62 bits per heavy atom. The molecule has 3 nitrogen and oxygen atoms in total. The van der Waals surface area contributed by atoms with Crippen molar-refractivity contribution in [3.8, 4) is 45.3 Å². The Kier molecular flexibility index (Phi) is 5.30. The van der Waals surface area contributed by atoms with Crippen LogP contribution < -0.4 is 0 Å². The predicted molar refractivity (Wildman–Crippen MR) is 154 cm³/mol. The number of hydrogen-bond donors (Lipinski definition) is 0. The fraction of sp³-hybridized carbons (Fsp3) is 0. The first kappa shape index (κ1) is 21.6. The van der Waals surface area contributed by atoms with Crippen LogP contribution in [0.15, 0.2) is 127 Å². The number of aromatic nitrogens is 3. The summed E-state index contributed by atoms with van der Waals surface area (Å²) < 4.78 is 2.46. The molecule has 2 aromatic heterocycles. The van der Waals surface area contributed by atoms with Crippen LogP contribution in [0.3, 0.4) is 0 Å². The van der Waals surface area contributed by atoms with Crippen molar-refractivity contribution in [1.29, 1.82) is 0 Å². The summed E-state index contributed by atoms with van der Waals surface area (Å²) in [6.07, 6.45) is 0. The van der Waals surface area contributed by atoms with Crippen molar-refractivity contribution in [3.05, 3.63) is 127 Å². The van der Waals surface area contributed by atoms with E-state index in [1.807, 2.05) is 36.4 Å². The standard InChI is InChI=1S/C33H21N3S/c1-3-10-22(11-4-1)23-18-20-25(21-19-23)32-34-31(24-12-5-2-6-13-24)35-33(36-32)28-16-9-15-27-26-14-7-8-17-29(26)37-30(27)28/h1-21H. The van der Waals surface area contributed by atoms with E-state index in [2.05, 4.69) is 91.0 Å². The van der Waals surface area contributed by atoms with E-state index in [0.717, 1.165) is 22.3 Å². The van der Waals surface area contributed by atoms with Crippen molar-refractivity contribution < 1.29 is 0 Å². The molecule has 37 heavy (non-hydrogen) atoms. The lowest BCUT2D eigenvalue weighted by Crippen LogP contribution is -2.00. The van der Waals surface area contributed by atoms with Crippen molar-refractivity contribution in [2.75, 3.05) is 0 Å². The van der Waals surface area contributed by atoms with Gasteiger partial charge in [0.2, 0.25) is 0 Å². The summed E-state index contributed by atoms with van der Waals surface area (Å²) in [6.45, 7) is 0. The van der Waals surface area contributed by atoms with Crippen molar-refractivity contribution >= 4 is 31.5 Å². The second kappa shape index (κ2) is 9.08. The molecule has 0 unspecified atom stereocenters. The molecule has 0 atom stereocenters. The molecule has 5 aromatic carbocycles. The molecule has 0 aliphatic heterocycles. The van der Waals surface area contributed by atoms with E-state index in [1.54, 1.807) is 11.3 Å². The maximum absolute atomic E-state index is 5.01. The number of thiophene rings is 1. The van der Waals surface area contributed by atoms with Crippen molar-refractivity contribution in [3.63, 3.8) is 0 Å². The molecule has 174 valence electrons. The molecular weight excluding hydrogens is 470 g/mol. The average Bonchev–Trinajstić information content (AvgIpc) is 3.37. The van der Waals surface area contributed by atoms with Crippen LogP contribution in [0.2, 0.25) is 0 Å². The summed E-state index contributed by atoms with van der Waals surface area (Å²) in [4.78, 5) is 14.9. The lowest BCUT2D eigenvalue weighted by molar-refractivity contribution is 1.08. The third-order valence-electron chi connectivity index (χ3n) is 6.56. The molecule has 7 rings (SSSR count). The molecule has 0 saturated carbocycles. The number of nitrogens with zero attached hydrogens (tertiary/aromatic N) is 3. The van der Waals surface area contributed by atoms with E-state index >= 15 is 0 Å². The van der Waals surface area contributed by atoms with E-state index in [4.69, 9.17) is 15.0 Å². The van der Waals surface area contributed by atoms with Gasteiger partial charge in [-0.3, -0.25) is 0 Å². The van der Waals surface area contributed by atoms with Gasteiger partial charge >= 0.3 is 0 Å². The fourth-order valence-electron chi connectivity index (χ4n) is 4.71. The predicted octanol–water partition coefficient (Wildman–Crippen LogP) is 8.91. The first-order valence-corrected chi connectivity index (χ1v) is 13.0. The lowest BCUT2D eigenvalue weighted by atomic mass is 10.0. The molecule has 0 aliphatic rings. The molecule has 0 fully saturated rings. The Morgan fingerprint density at radius 2 is 0.892 bits per heavy atom. The highest BCUT2D eigenvalue weighted by Crippen LogP contribution is 2.39. The minimum absolute atomic E-state index is 0.668. The maximum Gasteiger partial charge on any atom is 0.165 e. The van der Waals surface area contributed by atoms with E-state index in [1.165, 1.54) is 25.7 Å². The van der Waals surface area contributed by atoms with Gasteiger partial charge in [0.25, 0.3) is 0 Å². The summed E-state index contributed by atoms with van der Waals surface area (Å²) in [7, 11) is 0. The lowest BCUT2D eigenvalue weighted by Gasteiger charge is -2.09. The third-order valence-corrected chi connectivity index (χ3v) is 7.78. The molecule has 0 amide bonds. The summed E-state index contributed by atoms with van der Waals surface area (Å²) in [5.41, 5.74) is 5.31. The van der Waals surface area contributed by atoms with Crippen LogP contribution in [-0.2, 0) is 0 Å². The molecule has 0 saturated heterocycles. The molecule has 0 bridgehead atoms. The smallest absolute Gasteiger partial charge is 0.165 e. The Hall–Kier alpha value is -4.67. The Morgan fingerprint density at radius 1 is 0.378 bits per heavy atom. The van der Waals surface area contributed by atoms with E-state index < -0.39 is 0 Å². The summed E-state index contributed by atoms with van der Waals surface area (Å²) in [6, 6.07) is 43.9. The van der Waals surface area contributed by atoms with E-state index in [9.17, 15) is 0 Å². The van der Waals surface area contributed by atoms with Crippen LogP contribution in [0.25, 0.3) is 65.5 Å².